The minimum atomic E-state index is -4.54. The van der Waals surface area contributed by atoms with E-state index in [1.165, 1.54) is 54.6 Å². The van der Waals surface area contributed by atoms with Crippen molar-refractivity contribution < 1.29 is 21.6 Å². The summed E-state index contributed by atoms with van der Waals surface area (Å²) < 4.78 is 66.3. The molecular formula is C18H13ClF3N5O2S2. The SMILES string of the molecule is O=S(=O)(Nc1ccc(Cl)nn1)c1ccc(NC(=S)Nc2ccccc2C(F)(F)F)cc1. The number of hydrogen-bond acceptors (Lipinski definition) is 5. The van der Waals surface area contributed by atoms with Gasteiger partial charge in [-0.05, 0) is 60.7 Å². The van der Waals surface area contributed by atoms with Crippen LogP contribution in [0.25, 0.3) is 0 Å². The van der Waals surface area contributed by atoms with Crippen molar-refractivity contribution in [3.05, 3.63) is 71.4 Å². The molecule has 0 saturated heterocycles. The number of nitrogens with zero attached hydrogens (tertiary/aromatic N) is 2. The summed E-state index contributed by atoms with van der Waals surface area (Å²) in [5.74, 6) is -0.0136. The third-order valence-electron chi connectivity index (χ3n) is 3.77. The Kier molecular flexibility index (Phi) is 6.62. The highest BCUT2D eigenvalue weighted by atomic mass is 35.5. The van der Waals surface area contributed by atoms with Crippen LogP contribution in [0.1, 0.15) is 5.56 Å². The van der Waals surface area contributed by atoms with Crippen molar-refractivity contribution in [1.82, 2.24) is 10.2 Å². The first-order valence-electron chi connectivity index (χ1n) is 8.41. The van der Waals surface area contributed by atoms with Crippen molar-refractivity contribution in [2.75, 3.05) is 15.4 Å². The molecule has 0 radical (unpaired) electrons. The predicted molar refractivity (Wildman–Crippen MR) is 116 cm³/mol. The predicted octanol–water partition coefficient (Wildman–Crippen LogP) is 4.76. The summed E-state index contributed by atoms with van der Waals surface area (Å²) in [4.78, 5) is -0.0731. The molecule has 2 aromatic carbocycles. The number of hydrogen-bond donors (Lipinski definition) is 3. The summed E-state index contributed by atoms with van der Waals surface area (Å²) in [5.41, 5.74) is -0.704. The first-order valence-corrected chi connectivity index (χ1v) is 10.7. The first-order chi connectivity index (χ1) is 14.5. The van der Waals surface area contributed by atoms with E-state index in [0.717, 1.165) is 6.07 Å². The van der Waals surface area contributed by atoms with Gasteiger partial charge in [-0.25, -0.2) is 8.42 Å². The van der Waals surface area contributed by atoms with Crippen LogP contribution in [-0.2, 0) is 16.2 Å². The molecule has 0 amide bonds. The van der Waals surface area contributed by atoms with Crippen molar-refractivity contribution in [2.45, 2.75) is 11.1 Å². The van der Waals surface area contributed by atoms with Crippen LogP contribution in [0.15, 0.2) is 65.6 Å². The number of thiocarbonyl (C=S) groups is 1. The Labute approximate surface area is 185 Å². The number of aromatic nitrogens is 2. The van der Waals surface area contributed by atoms with Crippen LogP contribution < -0.4 is 15.4 Å². The van der Waals surface area contributed by atoms with E-state index in [2.05, 4.69) is 25.6 Å². The standard InChI is InChI=1S/C18H13ClF3N5O2S2/c19-15-9-10-16(26-25-15)27-31(28,29)12-7-5-11(6-8-12)23-17(30)24-14-4-2-1-3-13(14)18(20,21)22/h1-10H,(H,26,27)(H2,23,24,30). The van der Waals surface area contributed by atoms with Gasteiger partial charge >= 0.3 is 6.18 Å². The van der Waals surface area contributed by atoms with Crippen molar-refractivity contribution in [2.24, 2.45) is 0 Å². The van der Waals surface area contributed by atoms with Gasteiger partial charge in [0.1, 0.15) is 0 Å². The van der Waals surface area contributed by atoms with Crippen LogP contribution >= 0.6 is 23.8 Å². The van der Waals surface area contributed by atoms with Gasteiger partial charge in [0, 0.05) is 5.69 Å². The Morgan fingerprint density at radius 1 is 0.935 bits per heavy atom. The normalized spacial score (nSPS) is 11.6. The van der Waals surface area contributed by atoms with Gasteiger partial charge in [0.25, 0.3) is 10.0 Å². The van der Waals surface area contributed by atoms with Crippen LogP contribution in [0.4, 0.5) is 30.4 Å². The molecule has 3 aromatic rings. The summed E-state index contributed by atoms with van der Waals surface area (Å²) in [6.45, 7) is 0. The van der Waals surface area contributed by atoms with Gasteiger partial charge in [0.05, 0.1) is 16.1 Å². The number of benzene rings is 2. The third kappa shape index (κ3) is 6.03. The van der Waals surface area contributed by atoms with Gasteiger partial charge in [-0.15, -0.1) is 10.2 Å². The number of anilines is 3. The summed E-state index contributed by atoms with van der Waals surface area (Å²) in [6, 6.07) is 13.0. The average molecular weight is 488 g/mol. The molecule has 1 aromatic heterocycles. The van der Waals surface area contributed by atoms with E-state index >= 15 is 0 Å². The van der Waals surface area contributed by atoms with E-state index in [-0.39, 0.29) is 26.7 Å². The van der Waals surface area contributed by atoms with Gasteiger partial charge in [-0.1, -0.05) is 23.7 Å². The number of rotatable bonds is 5. The molecule has 1 heterocycles. The zero-order valence-electron chi connectivity index (χ0n) is 15.3. The molecule has 0 unspecified atom stereocenters. The summed E-state index contributed by atoms with van der Waals surface area (Å²) in [7, 11) is -3.94. The molecule has 3 N–H and O–H groups in total. The molecule has 0 fully saturated rings. The monoisotopic (exact) mass is 487 g/mol. The summed E-state index contributed by atoms with van der Waals surface area (Å²) >= 11 is 10.7. The number of sulfonamides is 1. The fraction of sp³-hybridized carbons (Fsp3) is 0.0556. The highest BCUT2D eigenvalue weighted by Gasteiger charge is 2.33. The van der Waals surface area contributed by atoms with E-state index in [1.54, 1.807) is 0 Å². The van der Waals surface area contributed by atoms with E-state index in [4.69, 9.17) is 23.8 Å². The van der Waals surface area contributed by atoms with E-state index in [9.17, 15) is 21.6 Å². The molecular weight excluding hydrogens is 475 g/mol. The maximum atomic E-state index is 13.1. The topological polar surface area (TPSA) is 96.0 Å². The molecule has 7 nitrogen and oxygen atoms in total. The molecule has 0 saturated carbocycles. The Balaban J connectivity index is 1.68. The maximum Gasteiger partial charge on any atom is 0.418 e. The van der Waals surface area contributed by atoms with E-state index in [0.29, 0.717) is 5.69 Å². The van der Waals surface area contributed by atoms with Gasteiger partial charge in [0.2, 0.25) is 0 Å². The van der Waals surface area contributed by atoms with E-state index in [1.807, 2.05) is 0 Å². The third-order valence-corrected chi connectivity index (χ3v) is 5.55. The fourth-order valence-corrected chi connectivity index (χ4v) is 3.73. The Hall–Kier alpha value is -2.96. The van der Waals surface area contributed by atoms with Crippen LogP contribution in [-0.4, -0.2) is 23.7 Å². The lowest BCUT2D eigenvalue weighted by Gasteiger charge is -2.16. The second kappa shape index (κ2) is 9.04. The van der Waals surface area contributed by atoms with Crippen molar-refractivity contribution in [1.29, 1.82) is 0 Å². The van der Waals surface area contributed by atoms with Crippen LogP contribution in [0.5, 0.6) is 0 Å². The highest BCUT2D eigenvalue weighted by molar-refractivity contribution is 7.92. The zero-order chi connectivity index (χ0) is 22.6. The van der Waals surface area contributed by atoms with Gasteiger partial charge in [-0.3, -0.25) is 4.72 Å². The molecule has 0 aliphatic rings. The number of nitrogens with one attached hydrogen (secondary N) is 3. The van der Waals surface area contributed by atoms with E-state index < -0.39 is 21.8 Å². The molecule has 0 atom stereocenters. The van der Waals surface area contributed by atoms with Crippen molar-refractivity contribution in [3.8, 4) is 0 Å². The molecule has 13 heteroatoms. The van der Waals surface area contributed by atoms with Gasteiger partial charge in [-0.2, -0.15) is 13.2 Å². The minimum Gasteiger partial charge on any atom is -0.332 e. The quantitative estimate of drug-likeness (QED) is 0.446. The smallest absolute Gasteiger partial charge is 0.332 e. The van der Waals surface area contributed by atoms with Crippen molar-refractivity contribution >= 4 is 56.1 Å². The Bertz CT molecular complexity index is 1190. The molecule has 162 valence electrons. The number of alkyl halides is 3. The largest absolute Gasteiger partial charge is 0.418 e. The van der Waals surface area contributed by atoms with Crippen molar-refractivity contribution in [3.63, 3.8) is 0 Å². The molecule has 0 aliphatic heterocycles. The second-order valence-electron chi connectivity index (χ2n) is 5.99. The lowest BCUT2D eigenvalue weighted by atomic mass is 10.1. The van der Waals surface area contributed by atoms with Crippen LogP contribution in [0.2, 0.25) is 5.15 Å². The molecule has 3 rings (SSSR count). The van der Waals surface area contributed by atoms with Crippen LogP contribution in [0.3, 0.4) is 0 Å². The number of halogens is 4. The Morgan fingerprint density at radius 3 is 2.23 bits per heavy atom. The zero-order valence-corrected chi connectivity index (χ0v) is 17.7. The summed E-state index contributed by atoms with van der Waals surface area (Å²) in [6.07, 6.45) is -4.54. The molecule has 0 aliphatic carbocycles. The molecule has 31 heavy (non-hydrogen) atoms. The lowest BCUT2D eigenvalue weighted by Crippen LogP contribution is -2.21. The summed E-state index contributed by atoms with van der Waals surface area (Å²) in [5, 5.41) is 12.4. The average Bonchev–Trinajstić information content (AvgIpc) is 2.69. The first kappa shape index (κ1) is 22.7. The van der Waals surface area contributed by atoms with Gasteiger partial charge < -0.3 is 10.6 Å². The minimum absolute atomic E-state index is 0.0136. The Morgan fingerprint density at radius 2 is 1.61 bits per heavy atom. The van der Waals surface area contributed by atoms with Crippen LogP contribution in [0, 0.1) is 0 Å². The number of para-hydroxylation sites is 1. The lowest BCUT2D eigenvalue weighted by molar-refractivity contribution is -0.136. The van der Waals surface area contributed by atoms with Gasteiger partial charge in [0.15, 0.2) is 16.1 Å². The highest BCUT2D eigenvalue weighted by Crippen LogP contribution is 2.34. The maximum absolute atomic E-state index is 13.1. The molecule has 0 bridgehead atoms. The molecule has 0 spiro atoms. The second-order valence-corrected chi connectivity index (χ2v) is 8.47. The fourth-order valence-electron chi connectivity index (χ4n) is 2.41.